The molecule has 4 heterocycles. The lowest BCUT2D eigenvalue weighted by Crippen LogP contribution is -2.54. The highest BCUT2D eigenvalue weighted by molar-refractivity contribution is 7.89. The standard InChI is InChI=1S/C21H27F2N7O2S2/c1-11-6-21(11,4)28-34(31,32)14-5-15(29-8-12(2)25-13(3)9-29)18-24-7-16(30(18)10-14)19-26-27-20(33-19)17(22)23/h5,7,10-13,17,25,28H,6,8-9H2,1-4H3/t11?,12-,13-,21?/m0/s1. The van der Waals surface area contributed by atoms with Crippen molar-refractivity contribution >= 4 is 32.7 Å². The Hall–Kier alpha value is -2.22. The van der Waals surface area contributed by atoms with Crippen LogP contribution in [0.4, 0.5) is 14.5 Å². The van der Waals surface area contributed by atoms with Crippen molar-refractivity contribution in [2.45, 2.75) is 63.1 Å². The first-order valence-electron chi connectivity index (χ1n) is 11.1. The number of anilines is 1. The molecular formula is C21H27F2N7O2S2. The lowest BCUT2D eigenvalue weighted by molar-refractivity contribution is 0.150. The summed E-state index contributed by atoms with van der Waals surface area (Å²) in [6, 6.07) is 2.04. The highest BCUT2D eigenvalue weighted by Crippen LogP contribution is 2.43. The Balaban J connectivity index is 1.66. The van der Waals surface area contributed by atoms with Crippen molar-refractivity contribution in [2.24, 2.45) is 5.92 Å². The van der Waals surface area contributed by atoms with E-state index in [0.29, 0.717) is 30.1 Å². The van der Waals surface area contributed by atoms with Crippen LogP contribution in [0.15, 0.2) is 23.4 Å². The molecule has 1 aliphatic carbocycles. The number of pyridine rings is 1. The summed E-state index contributed by atoms with van der Waals surface area (Å²) in [5.74, 6) is 0.248. The number of hydrogen-bond donors (Lipinski definition) is 2. The van der Waals surface area contributed by atoms with E-state index in [2.05, 4.69) is 44.0 Å². The number of imidazole rings is 1. The van der Waals surface area contributed by atoms with Crippen LogP contribution in [0.5, 0.6) is 0 Å². The van der Waals surface area contributed by atoms with Crippen molar-refractivity contribution in [1.82, 2.24) is 29.6 Å². The van der Waals surface area contributed by atoms with E-state index in [0.717, 1.165) is 17.8 Å². The molecule has 0 radical (unpaired) electrons. The van der Waals surface area contributed by atoms with Gasteiger partial charge in [-0.15, -0.1) is 10.2 Å². The highest BCUT2D eigenvalue weighted by Gasteiger charge is 2.49. The van der Waals surface area contributed by atoms with Crippen molar-refractivity contribution in [3.05, 3.63) is 23.5 Å². The summed E-state index contributed by atoms with van der Waals surface area (Å²) in [4.78, 5) is 6.74. The van der Waals surface area contributed by atoms with Gasteiger partial charge in [0.1, 0.15) is 10.6 Å². The number of rotatable bonds is 6. The zero-order valence-electron chi connectivity index (χ0n) is 19.3. The Bertz CT molecular complexity index is 1330. The summed E-state index contributed by atoms with van der Waals surface area (Å²) in [6.07, 6.45) is 1.05. The van der Waals surface area contributed by atoms with Gasteiger partial charge < -0.3 is 10.2 Å². The van der Waals surface area contributed by atoms with Gasteiger partial charge in [0.15, 0.2) is 15.7 Å². The van der Waals surface area contributed by atoms with Crippen LogP contribution in [0.3, 0.4) is 0 Å². The number of fused-ring (bicyclic) bond motifs is 1. The van der Waals surface area contributed by atoms with E-state index < -0.39 is 27.0 Å². The fourth-order valence-corrected chi connectivity index (χ4v) is 6.85. The van der Waals surface area contributed by atoms with Crippen molar-refractivity contribution in [3.8, 4) is 10.7 Å². The van der Waals surface area contributed by atoms with Crippen molar-refractivity contribution in [1.29, 1.82) is 0 Å². The number of hydrogen-bond acceptors (Lipinski definition) is 8. The lowest BCUT2D eigenvalue weighted by atomic mass is 10.1. The molecule has 2 unspecified atom stereocenters. The molecule has 0 spiro atoms. The highest BCUT2D eigenvalue weighted by atomic mass is 32.2. The molecule has 1 saturated heterocycles. The van der Waals surface area contributed by atoms with Gasteiger partial charge in [-0.2, -0.15) is 0 Å². The summed E-state index contributed by atoms with van der Waals surface area (Å²) in [6.45, 7) is 9.38. The maximum Gasteiger partial charge on any atom is 0.291 e. The van der Waals surface area contributed by atoms with Gasteiger partial charge in [0.2, 0.25) is 10.0 Å². The fourth-order valence-electron chi connectivity index (χ4n) is 4.62. The average molecular weight is 512 g/mol. The minimum absolute atomic E-state index is 0.0898. The van der Waals surface area contributed by atoms with Gasteiger partial charge in [-0.25, -0.2) is 26.9 Å². The van der Waals surface area contributed by atoms with Crippen LogP contribution < -0.4 is 14.9 Å². The third-order valence-corrected chi connectivity index (χ3v) is 9.17. The molecule has 5 rings (SSSR count). The zero-order chi connectivity index (χ0) is 24.4. The number of nitrogens with one attached hydrogen (secondary N) is 2. The molecule has 34 heavy (non-hydrogen) atoms. The molecule has 4 atom stereocenters. The van der Waals surface area contributed by atoms with Gasteiger partial charge in [-0.3, -0.25) is 4.40 Å². The van der Waals surface area contributed by atoms with Crippen molar-refractivity contribution in [3.63, 3.8) is 0 Å². The summed E-state index contributed by atoms with van der Waals surface area (Å²) in [7, 11) is -3.85. The molecule has 9 nitrogen and oxygen atoms in total. The van der Waals surface area contributed by atoms with Gasteiger partial charge in [0.05, 0.1) is 11.9 Å². The summed E-state index contributed by atoms with van der Waals surface area (Å²) < 4.78 is 57.5. The zero-order valence-corrected chi connectivity index (χ0v) is 20.9. The molecule has 1 aliphatic heterocycles. The predicted octanol–water partition coefficient (Wildman–Crippen LogP) is 3.05. The van der Waals surface area contributed by atoms with Gasteiger partial charge in [0, 0.05) is 36.9 Å². The second-order valence-electron chi connectivity index (χ2n) is 9.65. The lowest BCUT2D eigenvalue weighted by Gasteiger charge is -2.37. The minimum atomic E-state index is -3.85. The third kappa shape index (κ3) is 4.18. The molecule has 1 saturated carbocycles. The Morgan fingerprint density at radius 2 is 1.91 bits per heavy atom. The van der Waals surface area contributed by atoms with Crippen molar-refractivity contribution < 1.29 is 17.2 Å². The summed E-state index contributed by atoms with van der Waals surface area (Å²) in [5.41, 5.74) is 1.15. The van der Waals surface area contributed by atoms with E-state index in [1.165, 1.54) is 12.4 Å². The Morgan fingerprint density at radius 3 is 2.50 bits per heavy atom. The van der Waals surface area contributed by atoms with Crippen LogP contribution in [-0.4, -0.2) is 58.7 Å². The van der Waals surface area contributed by atoms with Crippen LogP contribution in [0, 0.1) is 5.92 Å². The molecule has 0 amide bonds. The number of aromatic nitrogens is 4. The normalized spacial score (nSPS) is 27.6. The van der Waals surface area contributed by atoms with E-state index >= 15 is 0 Å². The van der Waals surface area contributed by atoms with Crippen LogP contribution >= 0.6 is 11.3 Å². The van der Waals surface area contributed by atoms with Gasteiger partial charge in [0.25, 0.3) is 6.43 Å². The second-order valence-corrected chi connectivity index (χ2v) is 12.3. The third-order valence-electron chi connectivity index (χ3n) is 6.64. The fraction of sp³-hybridized carbons (Fsp3) is 0.571. The predicted molar refractivity (Wildman–Crippen MR) is 126 cm³/mol. The van der Waals surface area contributed by atoms with E-state index in [4.69, 9.17) is 0 Å². The molecule has 184 valence electrons. The van der Waals surface area contributed by atoms with E-state index in [1.807, 2.05) is 13.8 Å². The van der Waals surface area contributed by atoms with E-state index in [-0.39, 0.29) is 27.9 Å². The number of sulfonamides is 1. The summed E-state index contributed by atoms with van der Waals surface area (Å²) in [5, 5.41) is 10.8. The maximum absolute atomic E-state index is 13.4. The topological polar surface area (TPSA) is 105 Å². The van der Waals surface area contributed by atoms with Gasteiger partial charge >= 0.3 is 0 Å². The Morgan fingerprint density at radius 1 is 1.24 bits per heavy atom. The first kappa shape index (κ1) is 23.5. The second kappa shape index (κ2) is 8.18. The Kier molecular flexibility index (Phi) is 5.66. The van der Waals surface area contributed by atoms with E-state index in [9.17, 15) is 17.2 Å². The van der Waals surface area contributed by atoms with Crippen LogP contribution in [-0.2, 0) is 10.0 Å². The largest absolute Gasteiger partial charge is 0.365 e. The molecule has 13 heteroatoms. The monoisotopic (exact) mass is 511 g/mol. The molecule has 2 N–H and O–H groups in total. The molecule has 0 bridgehead atoms. The molecule has 3 aromatic heterocycles. The average Bonchev–Trinajstić information content (AvgIpc) is 3.15. The molecule has 3 aromatic rings. The molecule has 2 aliphatic rings. The quantitative estimate of drug-likeness (QED) is 0.524. The Labute approximate surface area is 200 Å². The number of halogens is 2. The molecule has 0 aromatic carbocycles. The summed E-state index contributed by atoms with van der Waals surface area (Å²) >= 11 is 0.768. The van der Waals surface area contributed by atoms with Gasteiger partial charge in [-0.05, 0) is 39.2 Å². The number of nitrogens with zero attached hydrogens (tertiary/aromatic N) is 5. The van der Waals surface area contributed by atoms with Gasteiger partial charge in [-0.1, -0.05) is 18.3 Å². The minimum Gasteiger partial charge on any atom is -0.365 e. The molecular weight excluding hydrogens is 484 g/mol. The SMILES string of the molecule is CC1CC1(C)NS(=O)(=O)c1cc(N2C[C@H](C)N[C@@H](C)C2)c2ncc(-c3nnc(C(F)F)s3)n2c1. The maximum atomic E-state index is 13.4. The van der Waals surface area contributed by atoms with Crippen LogP contribution in [0.2, 0.25) is 0 Å². The smallest absolute Gasteiger partial charge is 0.291 e. The van der Waals surface area contributed by atoms with E-state index in [1.54, 1.807) is 10.5 Å². The number of alkyl halides is 2. The first-order chi connectivity index (χ1) is 16.0. The molecule has 2 fully saturated rings. The van der Waals surface area contributed by atoms with Crippen molar-refractivity contribution in [2.75, 3.05) is 18.0 Å². The van der Waals surface area contributed by atoms with Crippen LogP contribution in [0.25, 0.3) is 16.3 Å². The first-order valence-corrected chi connectivity index (χ1v) is 13.4. The van der Waals surface area contributed by atoms with Crippen LogP contribution in [0.1, 0.15) is 45.5 Å². The number of piperazine rings is 1.